The number of benzene rings is 2. The van der Waals surface area contributed by atoms with Crippen LogP contribution in [-0.2, 0) is 11.3 Å². The van der Waals surface area contributed by atoms with Gasteiger partial charge in [0.05, 0.1) is 6.54 Å². The van der Waals surface area contributed by atoms with Crippen LogP contribution >= 0.6 is 0 Å². The minimum atomic E-state index is -2.89. The number of ether oxygens (including phenoxy) is 1. The van der Waals surface area contributed by atoms with Gasteiger partial charge in [-0.05, 0) is 48.9 Å². The molecule has 0 aliphatic carbocycles. The Balaban J connectivity index is 1.89. The Kier molecular flexibility index (Phi) is 7.76. The summed E-state index contributed by atoms with van der Waals surface area (Å²) in [6.45, 7) is 1.30. The molecule has 0 fully saturated rings. The number of aliphatic imine (C=N–C) groups is 1. The van der Waals surface area contributed by atoms with Crippen molar-refractivity contribution in [2.24, 2.45) is 4.99 Å². The third kappa shape index (κ3) is 5.94. The summed E-state index contributed by atoms with van der Waals surface area (Å²) in [5, 5.41) is 0. The topological polar surface area (TPSA) is 54.8 Å². The first-order valence-electron chi connectivity index (χ1n) is 9.97. The first-order valence-corrected chi connectivity index (χ1v) is 9.97. The molecule has 0 saturated carbocycles. The second-order valence-corrected chi connectivity index (χ2v) is 7.08. The van der Waals surface area contributed by atoms with E-state index >= 15 is 0 Å². The SMILES string of the molecule is C/N=C(\OC(C)c1ccc(CN(C(=O)c2ccncc2)c2cccc(F)c2)c(F)c1)C(F)F. The zero-order valence-corrected chi connectivity index (χ0v) is 17.9. The van der Waals surface area contributed by atoms with E-state index in [1.807, 2.05) is 0 Å². The second kappa shape index (κ2) is 10.7. The minimum absolute atomic E-state index is 0.149. The Labute approximate surface area is 188 Å². The third-order valence-corrected chi connectivity index (χ3v) is 4.87. The highest BCUT2D eigenvalue weighted by Crippen LogP contribution is 2.25. The van der Waals surface area contributed by atoms with Gasteiger partial charge in [-0.15, -0.1) is 0 Å². The number of carbonyl (C=O) groups excluding carboxylic acids is 1. The smallest absolute Gasteiger partial charge is 0.312 e. The molecule has 5 nitrogen and oxygen atoms in total. The summed E-state index contributed by atoms with van der Waals surface area (Å²) in [6.07, 6.45) is -0.873. The van der Waals surface area contributed by atoms with Crippen LogP contribution in [0, 0.1) is 11.6 Å². The quantitative estimate of drug-likeness (QED) is 0.263. The van der Waals surface area contributed by atoms with Gasteiger partial charge in [0.2, 0.25) is 0 Å². The summed E-state index contributed by atoms with van der Waals surface area (Å²) < 4.78 is 59.7. The van der Waals surface area contributed by atoms with E-state index in [-0.39, 0.29) is 17.8 Å². The molecule has 3 rings (SSSR count). The van der Waals surface area contributed by atoms with Crippen molar-refractivity contribution in [2.75, 3.05) is 11.9 Å². The molecule has 0 saturated heterocycles. The van der Waals surface area contributed by atoms with Crippen molar-refractivity contribution in [2.45, 2.75) is 26.0 Å². The highest BCUT2D eigenvalue weighted by atomic mass is 19.3. The lowest BCUT2D eigenvalue weighted by atomic mass is 10.1. The Morgan fingerprint density at radius 1 is 1.09 bits per heavy atom. The molecule has 0 bridgehead atoms. The Hall–Kier alpha value is -3.75. The lowest BCUT2D eigenvalue weighted by Gasteiger charge is -2.24. The third-order valence-electron chi connectivity index (χ3n) is 4.87. The van der Waals surface area contributed by atoms with Crippen LogP contribution in [0.15, 0.2) is 72.0 Å². The average Bonchev–Trinajstić information content (AvgIpc) is 2.81. The van der Waals surface area contributed by atoms with E-state index in [4.69, 9.17) is 4.74 Å². The fourth-order valence-corrected chi connectivity index (χ4v) is 3.14. The van der Waals surface area contributed by atoms with Crippen molar-refractivity contribution in [1.82, 2.24) is 4.98 Å². The number of aromatic nitrogens is 1. The molecule has 0 aliphatic heterocycles. The Morgan fingerprint density at radius 2 is 1.82 bits per heavy atom. The first kappa shape index (κ1) is 23.9. The van der Waals surface area contributed by atoms with Crippen LogP contribution < -0.4 is 4.90 Å². The highest BCUT2D eigenvalue weighted by molar-refractivity contribution is 6.05. The Morgan fingerprint density at radius 3 is 2.42 bits per heavy atom. The maximum Gasteiger partial charge on any atom is 0.312 e. The number of hydrogen-bond donors (Lipinski definition) is 0. The maximum atomic E-state index is 15.0. The van der Waals surface area contributed by atoms with Gasteiger partial charge in [-0.25, -0.2) is 8.78 Å². The monoisotopic (exact) mass is 459 g/mol. The van der Waals surface area contributed by atoms with E-state index in [1.165, 1.54) is 73.7 Å². The number of rotatable bonds is 7. The first-order chi connectivity index (χ1) is 15.8. The van der Waals surface area contributed by atoms with Gasteiger partial charge in [0.15, 0.2) is 0 Å². The zero-order chi connectivity index (χ0) is 24.0. The summed E-state index contributed by atoms with van der Waals surface area (Å²) in [4.78, 5) is 21.6. The molecule has 0 radical (unpaired) electrons. The van der Waals surface area contributed by atoms with Crippen LogP contribution in [0.5, 0.6) is 0 Å². The number of nitrogens with zero attached hydrogens (tertiary/aromatic N) is 3. The molecule has 0 N–H and O–H groups in total. The molecular weight excluding hydrogens is 438 g/mol. The minimum Gasteiger partial charge on any atom is -0.469 e. The second-order valence-electron chi connectivity index (χ2n) is 7.08. The van der Waals surface area contributed by atoms with Crippen molar-refractivity contribution in [3.63, 3.8) is 0 Å². The van der Waals surface area contributed by atoms with Gasteiger partial charge in [-0.1, -0.05) is 18.2 Å². The van der Waals surface area contributed by atoms with Gasteiger partial charge in [0.25, 0.3) is 11.8 Å². The molecule has 33 heavy (non-hydrogen) atoms. The number of alkyl halides is 2. The van der Waals surface area contributed by atoms with Gasteiger partial charge in [0.1, 0.15) is 17.7 Å². The van der Waals surface area contributed by atoms with E-state index in [0.717, 1.165) is 6.07 Å². The molecule has 0 aliphatic rings. The van der Waals surface area contributed by atoms with E-state index in [2.05, 4.69) is 9.98 Å². The number of hydrogen-bond acceptors (Lipinski definition) is 4. The molecule has 1 atom stereocenters. The van der Waals surface area contributed by atoms with Crippen molar-refractivity contribution in [1.29, 1.82) is 0 Å². The van der Waals surface area contributed by atoms with Crippen LogP contribution in [0.3, 0.4) is 0 Å². The molecule has 1 heterocycles. The van der Waals surface area contributed by atoms with Crippen LogP contribution in [0.4, 0.5) is 23.2 Å². The molecular formula is C24H21F4N3O2. The summed E-state index contributed by atoms with van der Waals surface area (Å²) in [6, 6.07) is 12.5. The number of anilines is 1. The molecule has 1 aromatic heterocycles. The van der Waals surface area contributed by atoms with Gasteiger partial charge in [-0.2, -0.15) is 8.78 Å². The average molecular weight is 459 g/mol. The van der Waals surface area contributed by atoms with Crippen molar-refractivity contribution in [3.05, 3.63) is 95.3 Å². The summed E-state index contributed by atoms with van der Waals surface area (Å²) >= 11 is 0. The van der Waals surface area contributed by atoms with Crippen LogP contribution in [0.2, 0.25) is 0 Å². The number of halogens is 4. The fraction of sp³-hybridized carbons (Fsp3) is 0.208. The van der Waals surface area contributed by atoms with Gasteiger partial charge in [-0.3, -0.25) is 14.8 Å². The molecule has 1 unspecified atom stereocenters. The van der Waals surface area contributed by atoms with Gasteiger partial charge in [0, 0.05) is 36.3 Å². The lowest BCUT2D eigenvalue weighted by Crippen LogP contribution is -2.31. The van der Waals surface area contributed by atoms with E-state index in [1.54, 1.807) is 6.07 Å². The molecule has 9 heteroatoms. The number of carbonyl (C=O) groups is 1. The highest BCUT2D eigenvalue weighted by Gasteiger charge is 2.22. The summed E-state index contributed by atoms with van der Waals surface area (Å²) in [5.41, 5.74) is 1.01. The molecule has 0 spiro atoms. The number of pyridine rings is 1. The predicted molar refractivity (Wildman–Crippen MR) is 116 cm³/mol. The van der Waals surface area contributed by atoms with Gasteiger partial charge < -0.3 is 9.64 Å². The maximum absolute atomic E-state index is 15.0. The van der Waals surface area contributed by atoms with Crippen molar-refractivity contribution in [3.8, 4) is 0 Å². The lowest BCUT2D eigenvalue weighted by molar-refractivity contribution is 0.0984. The van der Waals surface area contributed by atoms with E-state index in [0.29, 0.717) is 11.1 Å². The standard InChI is InChI=1S/C24H21F4N3O2/c1-15(33-23(29-2)22(27)28)17-6-7-18(21(26)12-17)14-31(20-5-3-4-19(25)13-20)24(32)16-8-10-30-11-9-16/h3-13,15,22H,14H2,1-2H3/b29-23-. The van der Waals surface area contributed by atoms with Crippen LogP contribution in [0.1, 0.15) is 34.5 Å². The van der Waals surface area contributed by atoms with E-state index in [9.17, 15) is 22.4 Å². The van der Waals surface area contributed by atoms with Crippen molar-refractivity contribution >= 4 is 17.5 Å². The van der Waals surface area contributed by atoms with Crippen LogP contribution in [0.25, 0.3) is 0 Å². The van der Waals surface area contributed by atoms with Crippen molar-refractivity contribution < 1.29 is 27.1 Å². The normalized spacial score (nSPS) is 12.5. The molecule has 1 amide bonds. The Bertz CT molecular complexity index is 1140. The summed E-state index contributed by atoms with van der Waals surface area (Å²) in [5.74, 6) is -2.43. The number of amides is 1. The van der Waals surface area contributed by atoms with Gasteiger partial charge >= 0.3 is 6.43 Å². The largest absolute Gasteiger partial charge is 0.469 e. The van der Waals surface area contributed by atoms with Crippen LogP contribution in [-0.4, -0.2) is 30.3 Å². The molecule has 3 aromatic rings. The van der Waals surface area contributed by atoms with E-state index < -0.39 is 36.0 Å². The molecule has 172 valence electrons. The predicted octanol–water partition coefficient (Wildman–Crippen LogP) is 5.58. The zero-order valence-electron chi connectivity index (χ0n) is 17.9. The summed E-state index contributed by atoms with van der Waals surface area (Å²) in [7, 11) is 1.18. The molecule has 2 aromatic carbocycles. The fourth-order valence-electron chi connectivity index (χ4n) is 3.14.